The van der Waals surface area contributed by atoms with Gasteiger partial charge in [0.05, 0.1) is 12.5 Å². The van der Waals surface area contributed by atoms with E-state index >= 15 is 0 Å². The molecule has 4 atom stereocenters. The quantitative estimate of drug-likeness (QED) is 0.795. The maximum absolute atomic E-state index is 11.9. The summed E-state index contributed by atoms with van der Waals surface area (Å²) in [5, 5.41) is 11.9. The Morgan fingerprint density at radius 1 is 1.43 bits per heavy atom. The maximum atomic E-state index is 11.9. The van der Waals surface area contributed by atoms with Crippen LogP contribution >= 0.6 is 0 Å². The molecule has 2 aliphatic rings. The lowest BCUT2D eigenvalue weighted by atomic mass is 9.46. The summed E-state index contributed by atoms with van der Waals surface area (Å²) in [4.78, 5) is 11.9. The normalized spacial score (nSPS) is 37.4. The molecule has 1 aromatic rings. The Morgan fingerprint density at radius 2 is 2.22 bits per heavy atom. The van der Waals surface area contributed by atoms with Gasteiger partial charge >= 0.3 is 0 Å². The van der Waals surface area contributed by atoms with E-state index in [1.54, 1.807) is 12.5 Å². The van der Waals surface area contributed by atoms with E-state index in [4.69, 9.17) is 4.42 Å². The molecule has 0 saturated heterocycles. The van der Waals surface area contributed by atoms with Crippen LogP contribution < -0.4 is 5.11 Å². The van der Waals surface area contributed by atoms with Crippen molar-refractivity contribution in [2.75, 3.05) is 0 Å². The standard InChI is InChI=1S/C20H28O3/c1-14-5-8-17-19(2,10-4-11-20(17,3)18(21)22)16(14)7-6-15-9-12-23-13-15/h9,12-13,16-17H,1,4-8,10-11H2,2-3H3,(H,21,22)/p-1/t16-,17-,19+,20-/m0/s1. The molecule has 1 aromatic heterocycles. The van der Waals surface area contributed by atoms with Crippen molar-refractivity contribution in [3.63, 3.8) is 0 Å². The van der Waals surface area contributed by atoms with Crippen LogP contribution in [0, 0.1) is 22.7 Å². The lowest BCUT2D eigenvalue weighted by Gasteiger charge is -2.59. The number of aliphatic carboxylic acids is 1. The first-order valence-electron chi connectivity index (χ1n) is 8.78. The van der Waals surface area contributed by atoms with Crippen LogP contribution in [0.3, 0.4) is 0 Å². The highest BCUT2D eigenvalue weighted by Gasteiger charge is 2.54. The SMILES string of the molecule is C=C1CC[C@H]2[C@](C)(CCC[C@]2(C)C(=O)[O-])[C@H]1CCc1ccoc1. The minimum atomic E-state index is -0.866. The third-order valence-electron chi connectivity index (χ3n) is 6.79. The number of rotatable bonds is 4. The second-order valence-electron chi connectivity index (χ2n) is 8.04. The number of carboxylic acid groups (broad SMARTS) is 1. The summed E-state index contributed by atoms with van der Waals surface area (Å²) in [6.45, 7) is 8.54. The zero-order valence-corrected chi connectivity index (χ0v) is 14.3. The fraction of sp³-hybridized carbons (Fsp3) is 0.650. The molecule has 1 heterocycles. The average molecular weight is 315 g/mol. The van der Waals surface area contributed by atoms with Crippen LogP contribution in [-0.4, -0.2) is 5.97 Å². The third-order valence-corrected chi connectivity index (χ3v) is 6.79. The molecule has 3 nitrogen and oxygen atoms in total. The van der Waals surface area contributed by atoms with Gasteiger partial charge in [0.25, 0.3) is 0 Å². The summed E-state index contributed by atoms with van der Waals surface area (Å²) in [5.41, 5.74) is 1.84. The Balaban J connectivity index is 1.86. The van der Waals surface area contributed by atoms with E-state index in [1.165, 1.54) is 11.1 Å². The number of fused-ring (bicyclic) bond motifs is 1. The maximum Gasteiger partial charge on any atom is 0.0934 e. The van der Waals surface area contributed by atoms with Crippen molar-refractivity contribution in [1.82, 2.24) is 0 Å². The van der Waals surface area contributed by atoms with Crippen LogP contribution in [0.5, 0.6) is 0 Å². The summed E-state index contributed by atoms with van der Waals surface area (Å²) in [6.07, 6.45) is 10.2. The first-order chi connectivity index (χ1) is 10.9. The second kappa shape index (κ2) is 5.85. The lowest BCUT2D eigenvalue weighted by molar-refractivity contribution is -0.326. The van der Waals surface area contributed by atoms with Crippen molar-refractivity contribution in [1.29, 1.82) is 0 Å². The van der Waals surface area contributed by atoms with E-state index in [0.29, 0.717) is 5.92 Å². The van der Waals surface area contributed by atoms with Gasteiger partial charge in [0.1, 0.15) is 0 Å². The van der Waals surface area contributed by atoms with Gasteiger partial charge in [0.2, 0.25) is 0 Å². The van der Waals surface area contributed by atoms with Gasteiger partial charge in [-0.25, -0.2) is 0 Å². The van der Waals surface area contributed by atoms with E-state index in [9.17, 15) is 9.90 Å². The van der Waals surface area contributed by atoms with Gasteiger partial charge in [-0.05, 0) is 67.4 Å². The Labute approximate surface area is 138 Å². The summed E-state index contributed by atoms with van der Waals surface area (Å²) in [7, 11) is 0. The Kier molecular flexibility index (Phi) is 4.16. The predicted octanol–water partition coefficient (Wildman–Crippen LogP) is 3.74. The van der Waals surface area contributed by atoms with Gasteiger partial charge in [-0.15, -0.1) is 0 Å². The highest BCUT2D eigenvalue weighted by molar-refractivity contribution is 5.72. The van der Waals surface area contributed by atoms with Gasteiger partial charge in [-0.2, -0.15) is 0 Å². The zero-order valence-electron chi connectivity index (χ0n) is 14.3. The third kappa shape index (κ3) is 2.64. The molecule has 2 saturated carbocycles. The molecule has 0 radical (unpaired) electrons. The summed E-state index contributed by atoms with van der Waals surface area (Å²) >= 11 is 0. The lowest BCUT2D eigenvalue weighted by Crippen LogP contribution is -2.56. The van der Waals surface area contributed by atoms with E-state index in [0.717, 1.165) is 44.9 Å². The van der Waals surface area contributed by atoms with Crippen molar-refractivity contribution in [3.05, 3.63) is 36.3 Å². The molecule has 2 fully saturated rings. The Morgan fingerprint density at radius 3 is 2.87 bits per heavy atom. The fourth-order valence-corrected chi connectivity index (χ4v) is 5.47. The molecule has 0 amide bonds. The number of allylic oxidation sites excluding steroid dienone is 1. The van der Waals surface area contributed by atoms with Crippen molar-refractivity contribution in [2.45, 2.75) is 58.8 Å². The number of carboxylic acids is 1. The van der Waals surface area contributed by atoms with Crippen LogP contribution in [0.2, 0.25) is 0 Å². The molecule has 3 rings (SSSR count). The molecule has 0 bridgehead atoms. The Bertz CT molecular complexity index is 588. The number of aryl methyl sites for hydroxylation is 1. The smallest absolute Gasteiger partial charge is 0.0934 e. The van der Waals surface area contributed by atoms with Crippen molar-refractivity contribution in [3.8, 4) is 0 Å². The number of furan rings is 1. The van der Waals surface area contributed by atoms with Gasteiger partial charge in [0.15, 0.2) is 0 Å². The van der Waals surface area contributed by atoms with Gasteiger partial charge in [-0.3, -0.25) is 0 Å². The minimum absolute atomic E-state index is 0.0200. The van der Waals surface area contributed by atoms with Crippen LogP contribution in [0.4, 0.5) is 0 Å². The highest BCUT2D eigenvalue weighted by Crippen LogP contribution is 2.61. The molecule has 2 aliphatic carbocycles. The molecule has 23 heavy (non-hydrogen) atoms. The number of carbonyl (C=O) groups excluding carboxylic acids is 1. The highest BCUT2D eigenvalue weighted by atomic mass is 16.4. The molecular formula is C20H27O3-. The van der Waals surface area contributed by atoms with Crippen molar-refractivity contribution >= 4 is 5.97 Å². The molecule has 0 spiro atoms. The first kappa shape index (κ1) is 16.4. The molecular weight excluding hydrogens is 288 g/mol. The van der Waals surface area contributed by atoms with E-state index < -0.39 is 11.4 Å². The fourth-order valence-electron chi connectivity index (χ4n) is 5.47. The second-order valence-corrected chi connectivity index (χ2v) is 8.04. The molecule has 0 aromatic carbocycles. The van der Waals surface area contributed by atoms with Gasteiger partial charge in [0, 0.05) is 11.4 Å². The van der Waals surface area contributed by atoms with E-state index in [2.05, 4.69) is 13.5 Å². The molecule has 0 unspecified atom stereocenters. The minimum Gasteiger partial charge on any atom is -0.550 e. The summed E-state index contributed by atoms with van der Waals surface area (Å²) < 4.78 is 5.17. The number of hydrogen-bond donors (Lipinski definition) is 0. The predicted molar refractivity (Wildman–Crippen MR) is 87.5 cm³/mol. The Hall–Kier alpha value is -1.51. The zero-order chi connectivity index (χ0) is 16.7. The largest absolute Gasteiger partial charge is 0.550 e. The number of hydrogen-bond acceptors (Lipinski definition) is 3. The summed E-state index contributed by atoms with van der Waals surface area (Å²) in [6, 6.07) is 2.01. The monoisotopic (exact) mass is 315 g/mol. The van der Waals surface area contributed by atoms with Gasteiger partial charge < -0.3 is 14.3 Å². The van der Waals surface area contributed by atoms with Crippen LogP contribution in [0.15, 0.2) is 35.2 Å². The molecule has 3 heteroatoms. The first-order valence-corrected chi connectivity index (χ1v) is 8.78. The van der Waals surface area contributed by atoms with E-state index in [1.807, 2.05) is 13.0 Å². The molecule has 126 valence electrons. The van der Waals surface area contributed by atoms with Crippen molar-refractivity contribution < 1.29 is 14.3 Å². The summed E-state index contributed by atoms with van der Waals surface area (Å²) in [5.74, 6) is -0.293. The van der Waals surface area contributed by atoms with Crippen LogP contribution in [0.25, 0.3) is 0 Å². The van der Waals surface area contributed by atoms with Crippen LogP contribution in [-0.2, 0) is 11.2 Å². The topological polar surface area (TPSA) is 53.3 Å². The van der Waals surface area contributed by atoms with Crippen molar-refractivity contribution in [2.24, 2.45) is 22.7 Å². The molecule has 0 aliphatic heterocycles. The van der Waals surface area contributed by atoms with E-state index in [-0.39, 0.29) is 11.3 Å². The molecule has 0 N–H and O–H groups in total. The van der Waals surface area contributed by atoms with Crippen LogP contribution in [0.1, 0.15) is 57.9 Å². The number of carbonyl (C=O) groups is 1. The average Bonchev–Trinajstić information content (AvgIpc) is 2.99. The van der Waals surface area contributed by atoms with Gasteiger partial charge in [-0.1, -0.05) is 32.4 Å².